The number of carbonyl (C=O) groups excluding carboxylic acids is 1. The summed E-state index contributed by atoms with van der Waals surface area (Å²) in [4.78, 5) is 48.6. The van der Waals surface area contributed by atoms with Crippen LogP contribution in [0.5, 0.6) is 0 Å². The second-order valence-corrected chi connectivity index (χ2v) is 6.99. The van der Waals surface area contributed by atoms with Crippen molar-refractivity contribution in [1.29, 1.82) is 5.26 Å². The third kappa shape index (κ3) is 11.6. The van der Waals surface area contributed by atoms with Gasteiger partial charge in [-0.15, -0.1) is 4.99 Å². The van der Waals surface area contributed by atoms with Crippen LogP contribution in [0, 0.1) is 11.5 Å². The maximum absolute atomic E-state index is 11.9. The van der Waals surface area contributed by atoms with Crippen molar-refractivity contribution < 1.29 is 39.2 Å². The number of ether oxygens (including phenoxy) is 1. The molecule has 1 aromatic carbocycles. The van der Waals surface area contributed by atoms with Gasteiger partial charge in [-0.25, -0.2) is 4.79 Å². The summed E-state index contributed by atoms with van der Waals surface area (Å²) in [5.74, 6) is -3.64. The number of benzene rings is 1. The summed E-state index contributed by atoms with van der Waals surface area (Å²) >= 11 is 0. The number of carbonyl (C=O) groups is 4. The van der Waals surface area contributed by atoms with E-state index in [2.05, 4.69) is 20.9 Å². The second kappa shape index (κ2) is 15.7. The SMILES string of the molecule is N#CN=C(OC(=O)NCCCCC(NCNC(CCC(=O)O)C(=O)O)C(=O)O)c1ccccc1. The Balaban J connectivity index is 2.36. The van der Waals surface area contributed by atoms with Gasteiger partial charge >= 0.3 is 24.0 Å². The van der Waals surface area contributed by atoms with Gasteiger partial charge in [-0.2, -0.15) is 5.26 Å². The Morgan fingerprint density at radius 2 is 1.59 bits per heavy atom. The van der Waals surface area contributed by atoms with E-state index in [0.29, 0.717) is 18.4 Å². The first-order chi connectivity index (χ1) is 16.2. The molecule has 0 heterocycles. The van der Waals surface area contributed by atoms with Gasteiger partial charge in [0.15, 0.2) is 0 Å². The molecule has 1 aromatic rings. The van der Waals surface area contributed by atoms with E-state index in [1.165, 1.54) is 0 Å². The van der Waals surface area contributed by atoms with E-state index < -0.39 is 36.1 Å². The van der Waals surface area contributed by atoms with E-state index >= 15 is 0 Å². The molecule has 0 fully saturated rings. The van der Waals surface area contributed by atoms with Crippen LogP contribution in [0.2, 0.25) is 0 Å². The molecule has 34 heavy (non-hydrogen) atoms. The van der Waals surface area contributed by atoms with Crippen LogP contribution in [-0.2, 0) is 19.1 Å². The monoisotopic (exact) mass is 477 g/mol. The molecule has 0 aromatic heterocycles. The molecular weight excluding hydrogens is 450 g/mol. The number of carboxylic acids is 3. The van der Waals surface area contributed by atoms with Crippen molar-refractivity contribution in [3.63, 3.8) is 0 Å². The van der Waals surface area contributed by atoms with Crippen LogP contribution in [-0.4, -0.2) is 70.5 Å². The number of nitrogens with zero attached hydrogens (tertiary/aromatic N) is 2. The van der Waals surface area contributed by atoms with Crippen LogP contribution in [0.1, 0.15) is 37.7 Å². The molecule has 0 aliphatic heterocycles. The van der Waals surface area contributed by atoms with Gasteiger partial charge in [0.1, 0.15) is 12.1 Å². The van der Waals surface area contributed by atoms with Gasteiger partial charge in [0.25, 0.3) is 0 Å². The van der Waals surface area contributed by atoms with E-state index in [9.17, 15) is 24.3 Å². The van der Waals surface area contributed by atoms with Crippen LogP contribution >= 0.6 is 0 Å². The molecule has 2 atom stereocenters. The summed E-state index contributed by atoms with van der Waals surface area (Å²) in [7, 11) is 0. The average Bonchev–Trinajstić information content (AvgIpc) is 2.79. The number of hydrogen-bond acceptors (Lipinski definition) is 9. The van der Waals surface area contributed by atoms with Gasteiger partial charge in [0.2, 0.25) is 12.1 Å². The van der Waals surface area contributed by atoms with Crippen molar-refractivity contribution >= 4 is 29.9 Å². The number of aliphatic carboxylic acids is 3. The second-order valence-electron chi connectivity index (χ2n) is 6.99. The van der Waals surface area contributed by atoms with Crippen LogP contribution in [0.25, 0.3) is 0 Å². The number of hydrogen-bond donors (Lipinski definition) is 6. The predicted molar refractivity (Wildman–Crippen MR) is 118 cm³/mol. The number of nitriles is 1. The minimum atomic E-state index is -1.23. The Morgan fingerprint density at radius 1 is 0.971 bits per heavy atom. The molecule has 0 spiro atoms. The standard InChI is InChI=1S/C21H27N5O8/c22-12-24-18(14-6-2-1-3-7-14)34-21(33)23-11-5-4-8-15(19(29)30)25-13-26-16(20(31)32)9-10-17(27)28/h1-3,6-7,15-16,25-26H,4-5,8-11,13H2,(H,23,33)(H,27,28)(H,29,30)(H,31,32). The van der Waals surface area contributed by atoms with E-state index in [0.717, 1.165) is 0 Å². The van der Waals surface area contributed by atoms with Crippen LogP contribution in [0.3, 0.4) is 0 Å². The summed E-state index contributed by atoms with van der Waals surface area (Å²) < 4.78 is 5.05. The fraction of sp³-hybridized carbons (Fsp3) is 0.429. The number of carboxylic acid groups (broad SMARTS) is 3. The maximum Gasteiger partial charge on any atom is 0.413 e. The van der Waals surface area contributed by atoms with Crippen LogP contribution < -0.4 is 16.0 Å². The summed E-state index contributed by atoms with van der Waals surface area (Å²) in [6.07, 6.45) is 1.33. The molecular formula is C21H27N5O8. The number of nitrogens with one attached hydrogen (secondary N) is 3. The molecule has 184 valence electrons. The molecule has 2 unspecified atom stereocenters. The lowest BCUT2D eigenvalue weighted by molar-refractivity contribution is -0.141. The van der Waals surface area contributed by atoms with Crippen molar-refractivity contribution in [3.8, 4) is 6.19 Å². The molecule has 0 aliphatic carbocycles. The van der Waals surface area contributed by atoms with Crippen LogP contribution in [0.15, 0.2) is 35.3 Å². The number of aliphatic imine (C=N–C) groups is 1. The molecule has 0 aliphatic rings. The predicted octanol–water partition coefficient (Wildman–Crippen LogP) is 0.719. The topological polar surface area (TPSA) is 210 Å². The molecule has 6 N–H and O–H groups in total. The van der Waals surface area contributed by atoms with E-state index in [4.69, 9.17) is 20.2 Å². The zero-order chi connectivity index (χ0) is 25.3. The highest BCUT2D eigenvalue weighted by Gasteiger charge is 2.20. The van der Waals surface area contributed by atoms with Gasteiger partial charge in [0, 0.05) is 25.2 Å². The highest BCUT2D eigenvalue weighted by molar-refractivity contribution is 6.00. The fourth-order valence-corrected chi connectivity index (χ4v) is 2.76. The van der Waals surface area contributed by atoms with Gasteiger partial charge in [-0.05, 0) is 37.8 Å². The highest BCUT2D eigenvalue weighted by atomic mass is 16.6. The Hall–Kier alpha value is -4.02. The number of unbranched alkanes of at least 4 members (excludes halogenated alkanes) is 1. The van der Waals surface area contributed by atoms with Crippen molar-refractivity contribution in [3.05, 3.63) is 35.9 Å². The Kier molecular flexibility index (Phi) is 13.0. The first kappa shape index (κ1) is 28.0. The number of amides is 1. The molecule has 13 heteroatoms. The van der Waals surface area contributed by atoms with Crippen molar-refractivity contribution in [1.82, 2.24) is 16.0 Å². The number of rotatable bonds is 15. The molecule has 0 saturated carbocycles. The summed E-state index contributed by atoms with van der Waals surface area (Å²) in [5, 5.41) is 43.6. The normalized spacial score (nSPS) is 12.7. The van der Waals surface area contributed by atoms with Crippen molar-refractivity contribution in [2.24, 2.45) is 4.99 Å². The third-order valence-electron chi connectivity index (χ3n) is 4.49. The molecule has 0 radical (unpaired) electrons. The van der Waals surface area contributed by atoms with Gasteiger partial charge in [-0.1, -0.05) is 18.2 Å². The minimum absolute atomic E-state index is 0.140. The zero-order valence-electron chi connectivity index (χ0n) is 18.3. The lowest BCUT2D eigenvalue weighted by atomic mass is 10.1. The molecule has 1 rings (SSSR count). The Bertz CT molecular complexity index is 900. The number of alkyl carbamates (subject to hydrolysis) is 1. The quantitative estimate of drug-likeness (QED) is 0.0681. The molecule has 0 bridgehead atoms. The van der Waals surface area contributed by atoms with Crippen molar-refractivity contribution in [2.45, 2.75) is 44.2 Å². The summed E-state index contributed by atoms with van der Waals surface area (Å²) in [6, 6.07) is 6.31. The van der Waals surface area contributed by atoms with Gasteiger partial charge < -0.3 is 25.4 Å². The largest absolute Gasteiger partial charge is 0.481 e. The fourth-order valence-electron chi connectivity index (χ4n) is 2.76. The van der Waals surface area contributed by atoms with E-state index in [1.54, 1.807) is 36.5 Å². The zero-order valence-corrected chi connectivity index (χ0v) is 18.3. The Morgan fingerprint density at radius 3 is 2.15 bits per heavy atom. The minimum Gasteiger partial charge on any atom is -0.481 e. The first-order valence-corrected chi connectivity index (χ1v) is 10.4. The first-order valence-electron chi connectivity index (χ1n) is 10.4. The lowest BCUT2D eigenvalue weighted by Gasteiger charge is -2.18. The van der Waals surface area contributed by atoms with E-state index in [1.807, 2.05) is 0 Å². The van der Waals surface area contributed by atoms with Gasteiger partial charge in [0.05, 0.1) is 0 Å². The molecule has 1 amide bonds. The lowest BCUT2D eigenvalue weighted by Crippen LogP contribution is -2.47. The summed E-state index contributed by atoms with van der Waals surface area (Å²) in [6.45, 7) is 0.0486. The highest BCUT2D eigenvalue weighted by Crippen LogP contribution is 2.04. The Labute approximate surface area is 195 Å². The van der Waals surface area contributed by atoms with Crippen molar-refractivity contribution in [2.75, 3.05) is 13.2 Å². The van der Waals surface area contributed by atoms with Crippen LogP contribution in [0.4, 0.5) is 4.79 Å². The summed E-state index contributed by atoms with van der Waals surface area (Å²) in [5.41, 5.74) is 0.455. The molecule has 13 nitrogen and oxygen atoms in total. The van der Waals surface area contributed by atoms with E-state index in [-0.39, 0.29) is 38.4 Å². The maximum atomic E-state index is 11.9. The smallest absolute Gasteiger partial charge is 0.413 e. The molecule has 0 saturated heterocycles. The third-order valence-corrected chi connectivity index (χ3v) is 4.49. The average molecular weight is 477 g/mol. The van der Waals surface area contributed by atoms with Gasteiger partial charge in [-0.3, -0.25) is 25.0 Å².